The highest BCUT2D eigenvalue weighted by molar-refractivity contribution is 5.78. The fraction of sp³-hybridized carbons (Fsp3) is 0.923. The van der Waals surface area contributed by atoms with Crippen molar-refractivity contribution in [2.45, 2.75) is 40.0 Å². The van der Waals surface area contributed by atoms with Crippen molar-refractivity contribution < 1.29 is 4.79 Å². The van der Waals surface area contributed by atoms with Crippen molar-refractivity contribution in [3.05, 3.63) is 0 Å². The Morgan fingerprint density at radius 3 is 2.88 bits per heavy atom. The summed E-state index contributed by atoms with van der Waals surface area (Å²) in [6.45, 7) is 10.0. The number of rotatable bonds is 5. The highest BCUT2D eigenvalue weighted by Crippen LogP contribution is 2.15. The Balaban J connectivity index is 2.14. The SMILES string of the molecule is CC(C)CCNCC(=O)N1CCCC(C)C1. The first-order valence-electron chi connectivity index (χ1n) is 6.58. The first-order chi connectivity index (χ1) is 7.59. The summed E-state index contributed by atoms with van der Waals surface area (Å²) < 4.78 is 0. The van der Waals surface area contributed by atoms with Crippen LogP contribution in [0.1, 0.15) is 40.0 Å². The summed E-state index contributed by atoms with van der Waals surface area (Å²) >= 11 is 0. The van der Waals surface area contributed by atoms with Crippen LogP contribution >= 0.6 is 0 Å². The van der Waals surface area contributed by atoms with Gasteiger partial charge in [0.2, 0.25) is 5.91 Å². The number of piperidine rings is 1. The number of hydrogen-bond acceptors (Lipinski definition) is 2. The molecular formula is C13H26N2O. The van der Waals surface area contributed by atoms with E-state index in [4.69, 9.17) is 0 Å². The van der Waals surface area contributed by atoms with Crippen LogP contribution in [-0.4, -0.2) is 37.0 Å². The maximum atomic E-state index is 11.9. The van der Waals surface area contributed by atoms with E-state index in [9.17, 15) is 4.79 Å². The van der Waals surface area contributed by atoms with E-state index in [1.165, 1.54) is 12.8 Å². The standard InChI is InChI=1S/C13H26N2O/c1-11(2)6-7-14-9-13(16)15-8-4-5-12(3)10-15/h11-12,14H,4-10H2,1-3H3. The van der Waals surface area contributed by atoms with E-state index in [0.717, 1.165) is 26.1 Å². The summed E-state index contributed by atoms with van der Waals surface area (Å²) in [6, 6.07) is 0. The molecule has 1 unspecified atom stereocenters. The number of nitrogens with zero attached hydrogens (tertiary/aromatic N) is 1. The monoisotopic (exact) mass is 226 g/mol. The van der Waals surface area contributed by atoms with Crippen LogP contribution < -0.4 is 5.32 Å². The van der Waals surface area contributed by atoms with Crippen LogP contribution in [0.2, 0.25) is 0 Å². The van der Waals surface area contributed by atoms with E-state index in [1.54, 1.807) is 0 Å². The normalized spacial score (nSPS) is 21.5. The van der Waals surface area contributed by atoms with E-state index in [2.05, 4.69) is 26.1 Å². The van der Waals surface area contributed by atoms with Crippen molar-refractivity contribution in [2.24, 2.45) is 11.8 Å². The molecule has 0 radical (unpaired) electrons. The van der Waals surface area contributed by atoms with Gasteiger partial charge in [-0.2, -0.15) is 0 Å². The molecule has 1 aliphatic heterocycles. The quantitative estimate of drug-likeness (QED) is 0.726. The average molecular weight is 226 g/mol. The van der Waals surface area contributed by atoms with Gasteiger partial charge in [-0.1, -0.05) is 20.8 Å². The van der Waals surface area contributed by atoms with Crippen molar-refractivity contribution in [3.8, 4) is 0 Å². The van der Waals surface area contributed by atoms with Gasteiger partial charge in [0, 0.05) is 13.1 Å². The summed E-state index contributed by atoms with van der Waals surface area (Å²) in [7, 11) is 0. The fourth-order valence-electron chi connectivity index (χ4n) is 2.11. The van der Waals surface area contributed by atoms with Gasteiger partial charge in [-0.05, 0) is 37.6 Å². The maximum Gasteiger partial charge on any atom is 0.236 e. The van der Waals surface area contributed by atoms with Gasteiger partial charge < -0.3 is 10.2 Å². The van der Waals surface area contributed by atoms with Crippen molar-refractivity contribution >= 4 is 5.91 Å². The third-order valence-electron chi connectivity index (χ3n) is 3.18. The molecule has 0 aromatic rings. The van der Waals surface area contributed by atoms with Crippen LogP contribution in [0.5, 0.6) is 0 Å². The molecule has 94 valence electrons. The Labute approximate surface area is 99.6 Å². The third-order valence-corrected chi connectivity index (χ3v) is 3.18. The zero-order valence-corrected chi connectivity index (χ0v) is 11.0. The molecule has 0 aromatic heterocycles. The van der Waals surface area contributed by atoms with E-state index in [1.807, 2.05) is 4.90 Å². The van der Waals surface area contributed by atoms with Gasteiger partial charge in [-0.15, -0.1) is 0 Å². The maximum absolute atomic E-state index is 11.9. The summed E-state index contributed by atoms with van der Waals surface area (Å²) in [5.74, 6) is 1.65. The number of carbonyl (C=O) groups excluding carboxylic acids is 1. The number of carbonyl (C=O) groups is 1. The van der Waals surface area contributed by atoms with Gasteiger partial charge in [0.05, 0.1) is 6.54 Å². The Morgan fingerprint density at radius 1 is 1.50 bits per heavy atom. The van der Waals surface area contributed by atoms with Crippen molar-refractivity contribution in [1.29, 1.82) is 0 Å². The number of nitrogens with one attached hydrogen (secondary N) is 1. The van der Waals surface area contributed by atoms with Crippen molar-refractivity contribution in [1.82, 2.24) is 10.2 Å². The zero-order valence-electron chi connectivity index (χ0n) is 11.0. The number of amides is 1. The lowest BCUT2D eigenvalue weighted by atomic mass is 10.0. The van der Waals surface area contributed by atoms with Crippen LogP contribution in [0.15, 0.2) is 0 Å². The minimum atomic E-state index is 0.273. The molecule has 1 heterocycles. The first-order valence-corrected chi connectivity index (χ1v) is 6.58. The summed E-state index contributed by atoms with van der Waals surface area (Å²) in [5, 5.41) is 3.24. The molecule has 0 bridgehead atoms. The van der Waals surface area contributed by atoms with Gasteiger partial charge in [-0.25, -0.2) is 0 Å². The molecular weight excluding hydrogens is 200 g/mol. The van der Waals surface area contributed by atoms with E-state index < -0.39 is 0 Å². The van der Waals surface area contributed by atoms with Gasteiger partial charge in [0.1, 0.15) is 0 Å². The molecule has 0 spiro atoms. The van der Waals surface area contributed by atoms with Crippen LogP contribution in [-0.2, 0) is 4.79 Å². The van der Waals surface area contributed by atoms with Crippen LogP contribution in [0.4, 0.5) is 0 Å². The van der Waals surface area contributed by atoms with Crippen LogP contribution in [0.25, 0.3) is 0 Å². The molecule has 1 aliphatic rings. The minimum Gasteiger partial charge on any atom is -0.341 e. The average Bonchev–Trinajstić information content (AvgIpc) is 2.24. The molecule has 0 saturated carbocycles. The third kappa shape index (κ3) is 4.97. The fourth-order valence-corrected chi connectivity index (χ4v) is 2.11. The largest absolute Gasteiger partial charge is 0.341 e. The minimum absolute atomic E-state index is 0.273. The van der Waals surface area contributed by atoms with E-state index in [0.29, 0.717) is 18.4 Å². The molecule has 1 N–H and O–H groups in total. The number of hydrogen-bond donors (Lipinski definition) is 1. The molecule has 1 saturated heterocycles. The first kappa shape index (κ1) is 13.5. The van der Waals surface area contributed by atoms with Crippen LogP contribution in [0, 0.1) is 11.8 Å². The summed E-state index contributed by atoms with van der Waals surface area (Å²) in [5.41, 5.74) is 0. The predicted octanol–water partition coefficient (Wildman–Crippen LogP) is 1.88. The Kier molecular flexibility index (Phi) is 5.81. The lowest BCUT2D eigenvalue weighted by molar-refractivity contribution is -0.131. The molecule has 16 heavy (non-hydrogen) atoms. The molecule has 1 rings (SSSR count). The zero-order chi connectivity index (χ0) is 12.0. The lowest BCUT2D eigenvalue weighted by Crippen LogP contribution is -2.43. The Morgan fingerprint density at radius 2 is 2.25 bits per heavy atom. The van der Waals surface area contributed by atoms with Gasteiger partial charge in [0.25, 0.3) is 0 Å². The molecule has 3 heteroatoms. The smallest absolute Gasteiger partial charge is 0.236 e. The van der Waals surface area contributed by atoms with Crippen molar-refractivity contribution in [3.63, 3.8) is 0 Å². The van der Waals surface area contributed by atoms with Gasteiger partial charge >= 0.3 is 0 Å². The Hall–Kier alpha value is -0.570. The molecule has 1 fully saturated rings. The highest BCUT2D eigenvalue weighted by atomic mass is 16.2. The second-order valence-corrected chi connectivity index (χ2v) is 5.45. The topological polar surface area (TPSA) is 32.3 Å². The summed E-state index contributed by atoms with van der Waals surface area (Å²) in [6.07, 6.45) is 3.58. The molecule has 1 atom stereocenters. The second-order valence-electron chi connectivity index (χ2n) is 5.45. The lowest BCUT2D eigenvalue weighted by Gasteiger charge is -2.31. The van der Waals surface area contributed by atoms with Gasteiger partial charge in [0.15, 0.2) is 0 Å². The second kappa shape index (κ2) is 6.89. The molecule has 0 aliphatic carbocycles. The van der Waals surface area contributed by atoms with E-state index >= 15 is 0 Å². The van der Waals surface area contributed by atoms with Crippen molar-refractivity contribution in [2.75, 3.05) is 26.2 Å². The summed E-state index contributed by atoms with van der Waals surface area (Å²) in [4.78, 5) is 13.9. The highest BCUT2D eigenvalue weighted by Gasteiger charge is 2.20. The van der Waals surface area contributed by atoms with Crippen LogP contribution in [0.3, 0.4) is 0 Å². The van der Waals surface area contributed by atoms with Gasteiger partial charge in [-0.3, -0.25) is 4.79 Å². The Bertz CT molecular complexity index is 216. The molecule has 1 amide bonds. The number of likely N-dealkylation sites (tertiary alicyclic amines) is 1. The molecule has 0 aromatic carbocycles. The predicted molar refractivity (Wildman–Crippen MR) is 67.3 cm³/mol. The molecule has 3 nitrogen and oxygen atoms in total. The van der Waals surface area contributed by atoms with E-state index in [-0.39, 0.29) is 5.91 Å².